The summed E-state index contributed by atoms with van der Waals surface area (Å²) < 4.78 is 0. The lowest BCUT2D eigenvalue weighted by atomic mass is 10.2. The molecular weight excluding hydrogens is 264 g/mol. The fourth-order valence-corrected chi connectivity index (χ4v) is 2.07. The number of nitrogens with zero attached hydrogens (tertiary/aromatic N) is 2. The third kappa shape index (κ3) is 3.32. The van der Waals surface area contributed by atoms with Crippen molar-refractivity contribution in [2.24, 2.45) is 16.5 Å². The Kier molecular flexibility index (Phi) is 3.81. The van der Waals surface area contributed by atoms with Crippen molar-refractivity contribution in [1.29, 1.82) is 5.41 Å². The SMILES string of the molecule is N=C(N=C(N)N)SCc1nc2ccccc2c(=O)[nH]1. The predicted molar refractivity (Wildman–Crippen MR) is 77.2 cm³/mol. The Morgan fingerprint density at radius 3 is 2.89 bits per heavy atom. The molecule has 0 amide bonds. The molecule has 1 aromatic carbocycles. The molecule has 0 unspecified atom stereocenters. The van der Waals surface area contributed by atoms with Crippen LogP contribution >= 0.6 is 11.8 Å². The van der Waals surface area contributed by atoms with Gasteiger partial charge in [0.1, 0.15) is 5.82 Å². The van der Waals surface area contributed by atoms with Crippen molar-refractivity contribution >= 4 is 33.8 Å². The average molecular weight is 276 g/mol. The lowest BCUT2D eigenvalue weighted by molar-refractivity contribution is 1.04. The fourth-order valence-electron chi connectivity index (χ4n) is 1.49. The van der Waals surface area contributed by atoms with Crippen LogP contribution in [-0.4, -0.2) is 21.1 Å². The molecule has 0 aliphatic heterocycles. The van der Waals surface area contributed by atoms with Crippen LogP contribution in [0.5, 0.6) is 0 Å². The molecule has 98 valence electrons. The van der Waals surface area contributed by atoms with Gasteiger partial charge in [0.2, 0.25) is 0 Å². The van der Waals surface area contributed by atoms with Gasteiger partial charge in [-0.05, 0) is 12.1 Å². The van der Waals surface area contributed by atoms with Crippen LogP contribution in [0.25, 0.3) is 10.9 Å². The van der Waals surface area contributed by atoms with Crippen LogP contribution < -0.4 is 17.0 Å². The molecule has 2 rings (SSSR count). The zero-order valence-corrected chi connectivity index (χ0v) is 10.7. The van der Waals surface area contributed by atoms with Crippen LogP contribution in [0.15, 0.2) is 34.1 Å². The fraction of sp³-hybridized carbons (Fsp3) is 0.0909. The van der Waals surface area contributed by atoms with Crippen molar-refractivity contribution in [3.05, 3.63) is 40.4 Å². The number of aromatic nitrogens is 2. The summed E-state index contributed by atoms with van der Waals surface area (Å²) in [6.07, 6.45) is 0. The van der Waals surface area contributed by atoms with E-state index >= 15 is 0 Å². The zero-order chi connectivity index (χ0) is 13.8. The van der Waals surface area contributed by atoms with Gasteiger partial charge in [0.05, 0.1) is 16.7 Å². The van der Waals surface area contributed by atoms with E-state index < -0.39 is 0 Å². The monoisotopic (exact) mass is 276 g/mol. The number of amidine groups is 1. The molecule has 1 heterocycles. The van der Waals surface area contributed by atoms with E-state index in [0.29, 0.717) is 22.5 Å². The maximum absolute atomic E-state index is 11.8. The number of nitrogens with one attached hydrogen (secondary N) is 2. The van der Waals surface area contributed by atoms with Crippen molar-refractivity contribution in [1.82, 2.24) is 9.97 Å². The van der Waals surface area contributed by atoms with Gasteiger partial charge in [-0.3, -0.25) is 10.2 Å². The number of guanidine groups is 1. The standard InChI is InChI=1S/C11H12N6OS/c12-10(13)17-11(14)19-5-8-15-7-4-2-1-3-6(7)9(18)16-8/h1-4H,5H2,(H,15,16,18)(H5,12,13,14,17). The van der Waals surface area contributed by atoms with E-state index in [1.807, 2.05) is 6.07 Å². The first-order chi connectivity index (χ1) is 9.06. The first-order valence-corrected chi connectivity index (χ1v) is 6.34. The van der Waals surface area contributed by atoms with Crippen molar-refractivity contribution in [2.45, 2.75) is 5.75 Å². The number of para-hydroxylation sites is 1. The van der Waals surface area contributed by atoms with Gasteiger partial charge in [-0.25, -0.2) is 4.98 Å². The molecule has 2 aromatic rings. The molecule has 0 atom stereocenters. The number of fused-ring (bicyclic) bond motifs is 1. The molecule has 0 bridgehead atoms. The molecule has 0 aliphatic rings. The van der Waals surface area contributed by atoms with Gasteiger partial charge in [0.25, 0.3) is 5.56 Å². The Morgan fingerprint density at radius 1 is 1.42 bits per heavy atom. The highest BCUT2D eigenvalue weighted by molar-refractivity contribution is 8.13. The minimum absolute atomic E-state index is 0.0317. The quantitative estimate of drug-likeness (QED) is 0.464. The second-order valence-electron chi connectivity index (χ2n) is 3.66. The first-order valence-electron chi connectivity index (χ1n) is 5.35. The summed E-state index contributed by atoms with van der Waals surface area (Å²) in [6, 6.07) is 7.06. The Hall–Kier alpha value is -2.35. The number of benzene rings is 1. The van der Waals surface area contributed by atoms with E-state index in [4.69, 9.17) is 16.9 Å². The van der Waals surface area contributed by atoms with E-state index in [-0.39, 0.29) is 16.7 Å². The minimum atomic E-state index is -0.199. The van der Waals surface area contributed by atoms with Crippen molar-refractivity contribution in [3.8, 4) is 0 Å². The van der Waals surface area contributed by atoms with Gasteiger partial charge in [-0.2, -0.15) is 4.99 Å². The smallest absolute Gasteiger partial charge is 0.258 e. The zero-order valence-electron chi connectivity index (χ0n) is 9.88. The molecule has 7 nitrogen and oxygen atoms in total. The third-order valence-corrected chi connectivity index (χ3v) is 3.02. The number of nitrogens with two attached hydrogens (primary N) is 2. The topological polar surface area (TPSA) is 134 Å². The molecule has 0 saturated carbocycles. The van der Waals surface area contributed by atoms with E-state index in [2.05, 4.69) is 15.0 Å². The number of aliphatic imine (C=N–C) groups is 1. The summed E-state index contributed by atoms with van der Waals surface area (Å²) in [4.78, 5) is 22.3. The highest BCUT2D eigenvalue weighted by Gasteiger charge is 2.04. The predicted octanol–water partition coefficient (Wildman–Crippen LogP) is 0.364. The van der Waals surface area contributed by atoms with E-state index in [1.165, 1.54) is 0 Å². The van der Waals surface area contributed by atoms with Gasteiger partial charge in [0.15, 0.2) is 11.1 Å². The second-order valence-corrected chi connectivity index (χ2v) is 4.62. The Balaban J connectivity index is 2.20. The number of H-pyrrole nitrogens is 1. The number of hydrogen-bond acceptors (Lipinski definition) is 4. The van der Waals surface area contributed by atoms with Crippen LogP contribution in [0.4, 0.5) is 0 Å². The molecule has 8 heteroatoms. The molecular formula is C11H12N6OS. The highest BCUT2D eigenvalue weighted by atomic mass is 32.2. The van der Waals surface area contributed by atoms with Crippen LogP contribution in [0, 0.1) is 5.41 Å². The first kappa shape index (κ1) is 13.1. The van der Waals surface area contributed by atoms with Gasteiger partial charge < -0.3 is 16.5 Å². The van der Waals surface area contributed by atoms with Gasteiger partial charge in [-0.15, -0.1) is 0 Å². The Morgan fingerprint density at radius 2 is 2.16 bits per heavy atom. The molecule has 0 spiro atoms. The maximum Gasteiger partial charge on any atom is 0.258 e. The summed E-state index contributed by atoms with van der Waals surface area (Å²) in [5.41, 5.74) is 10.7. The Bertz CT molecular complexity index is 704. The van der Waals surface area contributed by atoms with Crippen LogP contribution in [-0.2, 0) is 5.75 Å². The highest BCUT2D eigenvalue weighted by Crippen LogP contribution is 2.12. The minimum Gasteiger partial charge on any atom is -0.370 e. The molecule has 0 radical (unpaired) electrons. The molecule has 1 aromatic heterocycles. The second kappa shape index (κ2) is 5.53. The number of rotatable bonds is 2. The van der Waals surface area contributed by atoms with Crippen LogP contribution in [0.1, 0.15) is 5.82 Å². The summed E-state index contributed by atoms with van der Waals surface area (Å²) in [7, 11) is 0. The lowest BCUT2D eigenvalue weighted by Crippen LogP contribution is -2.23. The molecule has 0 aliphatic carbocycles. The number of thioether (sulfide) groups is 1. The lowest BCUT2D eigenvalue weighted by Gasteiger charge is -2.02. The largest absolute Gasteiger partial charge is 0.370 e. The molecule has 19 heavy (non-hydrogen) atoms. The molecule has 6 N–H and O–H groups in total. The Labute approximate surface area is 112 Å². The normalized spacial score (nSPS) is 10.3. The summed E-state index contributed by atoms with van der Waals surface area (Å²) in [5.74, 6) is 0.622. The third-order valence-electron chi connectivity index (χ3n) is 2.24. The molecule has 0 fully saturated rings. The van der Waals surface area contributed by atoms with Crippen molar-refractivity contribution in [3.63, 3.8) is 0 Å². The average Bonchev–Trinajstić information content (AvgIpc) is 2.36. The number of hydrogen-bond donors (Lipinski definition) is 4. The van der Waals surface area contributed by atoms with E-state index in [0.717, 1.165) is 11.8 Å². The van der Waals surface area contributed by atoms with Crippen molar-refractivity contribution < 1.29 is 0 Å². The summed E-state index contributed by atoms with van der Waals surface area (Å²) in [5, 5.41) is 7.99. The van der Waals surface area contributed by atoms with E-state index in [1.54, 1.807) is 18.2 Å². The van der Waals surface area contributed by atoms with Crippen LogP contribution in [0.3, 0.4) is 0 Å². The van der Waals surface area contributed by atoms with E-state index in [9.17, 15) is 4.79 Å². The van der Waals surface area contributed by atoms with Gasteiger partial charge in [-0.1, -0.05) is 23.9 Å². The number of aromatic amines is 1. The maximum atomic E-state index is 11.8. The molecule has 0 saturated heterocycles. The van der Waals surface area contributed by atoms with Gasteiger partial charge >= 0.3 is 0 Å². The van der Waals surface area contributed by atoms with Crippen molar-refractivity contribution in [2.75, 3.05) is 0 Å². The summed E-state index contributed by atoms with van der Waals surface area (Å²) in [6.45, 7) is 0. The summed E-state index contributed by atoms with van der Waals surface area (Å²) >= 11 is 1.08. The van der Waals surface area contributed by atoms with Gasteiger partial charge in [0, 0.05) is 0 Å². The van der Waals surface area contributed by atoms with Crippen LogP contribution in [0.2, 0.25) is 0 Å².